The molecule has 0 aliphatic rings. The first-order chi connectivity index (χ1) is 15.3. The summed E-state index contributed by atoms with van der Waals surface area (Å²) in [7, 11) is 1.61. The number of hydrogen-bond acceptors (Lipinski definition) is 6. The maximum absolute atomic E-state index is 12.5. The second-order valence-electron chi connectivity index (χ2n) is 7.25. The molecule has 3 rings (SSSR count). The van der Waals surface area contributed by atoms with Crippen LogP contribution < -0.4 is 14.8 Å². The summed E-state index contributed by atoms with van der Waals surface area (Å²) >= 11 is 4.86. The molecule has 2 aromatic carbocycles. The Hall–Kier alpha value is -2.52. The van der Waals surface area contributed by atoms with Crippen LogP contribution in [0.5, 0.6) is 11.5 Å². The maximum Gasteiger partial charge on any atom is 0.234 e. The van der Waals surface area contributed by atoms with Gasteiger partial charge in [-0.1, -0.05) is 23.9 Å². The van der Waals surface area contributed by atoms with Gasteiger partial charge in [-0.15, -0.1) is 10.2 Å². The Labute approximate surface area is 201 Å². The molecule has 1 N–H and O–H groups in total. The number of para-hydroxylation sites is 2. The number of aromatic nitrogens is 3. The first-order valence-electron chi connectivity index (χ1n) is 10.3. The largest absolute Gasteiger partial charge is 0.493 e. The molecule has 0 fully saturated rings. The van der Waals surface area contributed by atoms with Crippen LogP contribution >= 0.6 is 27.7 Å². The Kier molecular flexibility index (Phi) is 8.20. The van der Waals surface area contributed by atoms with Gasteiger partial charge >= 0.3 is 0 Å². The Morgan fingerprint density at radius 1 is 1.19 bits per heavy atom. The van der Waals surface area contributed by atoms with E-state index in [-0.39, 0.29) is 17.8 Å². The fourth-order valence-electron chi connectivity index (χ4n) is 3.16. The lowest BCUT2D eigenvalue weighted by Gasteiger charge is -2.17. The summed E-state index contributed by atoms with van der Waals surface area (Å²) in [6.07, 6.45) is -0.339. The van der Waals surface area contributed by atoms with Crippen molar-refractivity contribution < 1.29 is 14.3 Å². The summed E-state index contributed by atoms with van der Waals surface area (Å²) in [5.74, 6) is 2.10. The fourth-order valence-corrected chi connectivity index (χ4v) is 4.52. The molecule has 1 heterocycles. The van der Waals surface area contributed by atoms with Crippen molar-refractivity contribution in [3.8, 4) is 11.5 Å². The minimum atomic E-state index is -0.339. The average Bonchev–Trinajstić information content (AvgIpc) is 3.19. The lowest BCUT2D eigenvalue weighted by molar-refractivity contribution is -0.113. The number of thioether (sulfide) groups is 1. The molecule has 0 aliphatic carbocycles. The summed E-state index contributed by atoms with van der Waals surface area (Å²) in [5.41, 5.74) is 3.04. The molecular formula is C23H27BrN4O3S. The molecule has 7 nitrogen and oxygen atoms in total. The van der Waals surface area contributed by atoms with E-state index in [1.54, 1.807) is 7.11 Å². The van der Waals surface area contributed by atoms with E-state index in [4.69, 9.17) is 9.47 Å². The summed E-state index contributed by atoms with van der Waals surface area (Å²) in [5, 5.41) is 12.2. The molecule has 0 bridgehead atoms. The van der Waals surface area contributed by atoms with Gasteiger partial charge in [0.25, 0.3) is 0 Å². The predicted molar refractivity (Wildman–Crippen MR) is 131 cm³/mol. The third kappa shape index (κ3) is 5.63. The maximum atomic E-state index is 12.5. The first kappa shape index (κ1) is 24.1. The normalized spacial score (nSPS) is 11.8. The molecule has 3 aromatic rings. The Balaban J connectivity index is 1.67. The first-order valence-corrected chi connectivity index (χ1v) is 12.0. The number of carbonyl (C=O) groups excluding carboxylic acids is 1. The van der Waals surface area contributed by atoms with Crippen LogP contribution in [0.2, 0.25) is 0 Å². The highest BCUT2D eigenvalue weighted by Crippen LogP contribution is 2.31. The summed E-state index contributed by atoms with van der Waals surface area (Å²) in [6.45, 7) is 8.65. The van der Waals surface area contributed by atoms with E-state index in [1.807, 2.05) is 68.7 Å². The van der Waals surface area contributed by atoms with E-state index in [2.05, 4.69) is 31.4 Å². The minimum absolute atomic E-state index is 0.107. The molecule has 9 heteroatoms. The van der Waals surface area contributed by atoms with Gasteiger partial charge in [-0.2, -0.15) is 0 Å². The van der Waals surface area contributed by atoms with Crippen LogP contribution in [-0.2, 0) is 11.3 Å². The average molecular weight is 519 g/mol. The number of methoxy groups -OCH3 is 1. The van der Waals surface area contributed by atoms with Gasteiger partial charge in [-0.05, 0) is 79.0 Å². The van der Waals surface area contributed by atoms with Gasteiger partial charge in [0.1, 0.15) is 0 Å². The van der Waals surface area contributed by atoms with Crippen molar-refractivity contribution in [3.63, 3.8) is 0 Å². The van der Waals surface area contributed by atoms with Gasteiger partial charge in [0.15, 0.2) is 28.6 Å². The van der Waals surface area contributed by atoms with Crippen molar-refractivity contribution in [3.05, 3.63) is 57.8 Å². The molecule has 1 aromatic heterocycles. The van der Waals surface area contributed by atoms with Crippen LogP contribution in [0.3, 0.4) is 0 Å². The summed E-state index contributed by atoms with van der Waals surface area (Å²) < 4.78 is 14.3. The van der Waals surface area contributed by atoms with E-state index in [0.29, 0.717) is 29.0 Å². The van der Waals surface area contributed by atoms with E-state index in [0.717, 1.165) is 21.3 Å². The molecular weight excluding hydrogens is 492 g/mol. The molecule has 0 aliphatic heterocycles. The molecule has 0 saturated carbocycles. The lowest BCUT2D eigenvalue weighted by atomic mass is 10.1. The minimum Gasteiger partial charge on any atom is -0.493 e. The highest BCUT2D eigenvalue weighted by atomic mass is 79.9. The van der Waals surface area contributed by atoms with Gasteiger partial charge in [-0.25, -0.2) is 0 Å². The number of ether oxygens (including phenoxy) is 2. The molecule has 0 radical (unpaired) electrons. The highest BCUT2D eigenvalue weighted by molar-refractivity contribution is 9.10. The Bertz CT molecular complexity index is 1100. The molecule has 170 valence electrons. The van der Waals surface area contributed by atoms with Gasteiger partial charge < -0.3 is 19.4 Å². The van der Waals surface area contributed by atoms with Crippen molar-refractivity contribution >= 4 is 39.3 Å². The molecule has 1 amide bonds. The van der Waals surface area contributed by atoms with Crippen molar-refractivity contribution in [1.29, 1.82) is 0 Å². The zero-order chi connectivity index (χ0) is 23.3. The second-order valence-corrected chi connectivity index (χ2v) is 9.05. The topological polar surface area (TPSA) is 78.3 Å². The zero-order valence-corrected chi connectivity index (χ0v) is 21.2. The number of nitrogens with one attached hydrogen (secondary N) is 1. The smallest absolute Gasteiger partial charge is 0.234 e. The van der Waals surface area contributed by atoms with E-state index in [9.17, 15) is 4.79 Å². The number of aryl methyl sites for hydroxylation is 2. The van der Waals surface area contributed by atoms with Crippen LogP contribution in [0.4, 0.5) is 5.69 Å². The predicted octanol–water partition coefficient (Wildman–Crippen LogP) is 5.56. The summed E-state index contributed by atoms with van der Waals surface area (Å²) in [6, 6.07) is 11.4. The van der Waals surface area contributed by atoms with Gasteiger partial charge in [0.05, 0.1) is 18.6 Å². The highest BCUT2D eigenvalue weighted by Gasteiger charge is 2.20. The van der Waals surface area contributed by atoms with E-state index < -0.39 is 0 Å². The van der Waals surface area contributed by atoms with Crippen molar-refractivity contribution in [2.24, 2.45) is 0 Å². The SMILES string of the molecule is CCn1c(SCC(=O)Nc2cc(C)c(C)cc2Br)nnc1C(C)Oc1ccccc1OC. The van der Waals surface area contributed by atoms with Crippen LogP contribution in [0.15, 0.2) is 46.0 Å². The molecule has 0 spiro atoms. The zero-order valence-electron chi connectivity index (χ0n) is 18.8. The molecule has 32 heavy (non-hydrogen) atoms. The summed E-state index contributed by atoms with van der Waals surface area (Å²) in [4.78, 5) is 12.5. The van der Waals surface area contributed by atoms with Crippen molar-refractivity contribution in [2.75, 3.05) is 18.2 Å². The van der Waals surface area contributed by atoms with E-state index in [1.165, 1.54) is 11.8 Å². The quantitative estimate of drug-likeness (QED) is 0.373. The number of amides is 1. The van der Waals surface area contributed by atoms with Gasteiger partial charge in [0.2, 0.25) is 5.91 Å². The number of anilines is 1. The number of nitrogens with zero attached hydrogens (tertiary/aromatic N) is 3. The number of hydrogen-bond donors (Lipinski definition) is 1. The standard InChI is InChI=1S/C23H27BrN4O3S/c1-6-28-22(16(4)31-20-10-8-7-9-19(20)30-5)26-27-23(28)32-13-21(29)25-18-12-15(3)14(2)11-17(18)24/h7-12,16H,6,13H2,1-5H3,(H,25,29). The van der Waals surface area contributed by atoms with Crippen molar-refractivity contribution in [1.82, 2.24) is 14.8 Å². The lowest BCUT2D eigenvalue weighted by Crippen LogP contribution is -2.16. The third-order valence-electron chi connectivity index (χ3n) is 4.99. The van der Waals surface area contributed by atoms with Crippen LogP contribution in [-0.4, -0.2) is 33.5 Å². The van der Waals surface area contributed by atoms with Crippen LogP contribution in [0.1, 0.15) is 36.9 Å². The second kappa shape index (κ2) is 10.9. The number of rotatable bonds is 9. The molecule has 1 unspecified atom stereocenters. The molecule has 0 saturated heterocycles. The van der Waals surface area contributed by atoms with Crippen LogP contribution in [0.25, 0.3) is 0 Å². The van der Waals surface area contributed by atoms with Gasteiger partial charge in [0, 0.05) is 11.0 Å². The number of carbonyl (C=O) groups is 1. The van der Waals surface area contributed by atoms with Gasteiger partial charge in [-0.3, -0.25) is 4.79 Å². The Morgan fingerprint density at radius 2 is 1.88 bits per heavy atom. The fraction of sp³-hybridized carbons (Fsp3) is 0.348. The number of benzene rings is 2. The van der Waals surface area contributed by atoms with Crippen LogP contribution in [0, 0.1) is 13.8 Å². The third-order valence-corrected chi connectivity index (χ3v) is 6.61. The molecule has 1 atom stereocenters. The number of halogens is 1. The Morgan fingerprint density at radius 3 is 2.56 bits per heavy atom. The monoisotopic (exact) mass is 518 g/mol. The van der Waals surface area contributed by atoms with Crippen molar-refractivity contribution in [2.45, 2.75) is 45.5 Å². The van der Waals surface area contributed by atoms with E-state index >= 15 is 0 Å².